The maximum absolute atomic E-state index is 15.9. The normalized spacial score (nSPS) is 17.5. The van der Waals surface area contributed by atoms with Gasteiger partial charge in [-0.25, -0.2) is 4.39 Å². The van der Waals surface area contributed by atoms with Crippen molar-refractivity contribution in [2.24, 2.45) is 10.9 Å². The molecule has 2 fully saturated rings. The number of nitrogens with zero attached hydrogens (tertiary/aromatic N) is 4. The Morgan fingerprint density at radius 3 is 2.67 bits per heavy atom. The van der Waals surface area contributed by atoms with Gasteiger partial charge in [0.2, 0.25) is 5.43 Å². The smallest absolute Gasteiger partial charge is 0.259 e. The number of aromatic amines is 1. The second-order valence-electron chi connectivity index (χ2n) is 11.9. The number of hydrogen-bond acceptors (Lipinski definition) is 9. The molecule has 2 aliphatic heterocycles. The monoisotopic (exact) mass is 611 g/mol. The Labute approximate surface area is 254 Å². The van der Waals surface area contributed by atoms with Gasteiger partial charge in [-0.05, 0) is 55.7 Å². The van der Waals surface area contributed by atoms with E-state index >= 15 is 4.39 Å². The average molecular weight is 612 g/mol. The number of nitrogens with two attached hydrogens (primary N) is 1. The number of halogens is 1. The van der Waals surface area contributed by atoms with E-state index in [9.17, 15) is 14.5 Å². The van der Waals surface area contributed by atoms with Crippen LogP contribution in [0.1, 0.15) is 29.6 Å². The van der Waals surface area contributed by atoms with E-state index in [0.717, 1.165) is 32.5 Å². The van der Waals surface area contributed by atoms with E-state index in [1.165, 1.54) is 18.3 Å². The number of nitrogens with one attached hydrogen (secondary N) is 2. The van der Waals surface area contributed by atoms with Crippen molar-refractivity contribution in [1.82, 2.24) is 19.2 Å². The van der Waals surface area contributed by atoms with Crippen LogP contribution < -0.4 is 16.5 Å². The van der Waals surface area contributed by atoms with Crippen LogP contribution in [-0.2, 0) is 0 Å². The topological polar surface area (TPSA) is 155 Å². The molecule has 0 bridgehead atoms. The Bertz CT molecular complexity index is 2260. The molecule has 8 rings (SSSR count). The first-order chi connectivity index (χ1) is 21.9. The molecule has 45 heavy (non-hydrogen) atoms. The number of pyridine rings is 1. The Kier molecular flexibility index (Phi) is 6.46. The van der Waals surface area contributed by atoms with Gasteiger partial charge < -0.3 is 39.1 Å². The number of aromatic nitrogens is 2. The zero-order valence-electron chi connectivity index (χ0n) is 24.3. The van der Waals surface area contributed by atoms with E-state index in [2.05, 4.69) is 20.4 Å². The summed E-state index contributed by atoms with van der Waals surface area (Å²) in [5.74, 6) is -1.10. The van der Waals surface area contributed by atoms with Crippen LogP contribution in [0.5, 0.6) is 0 Å². The molecule has 1 atom stereocenters. The number of nitroso groups, excluding NO2 is 1. The van der Waals surface area contributed by atoms with Gasteiger partial charge in [0.05, 0.1) is 21.9 Å². The second kappa shape index (κ2) is 10.6. The van der Waals surface area contributed by atoms with Crippen LogP contribution in [0, 0.1) is 10.7 Å². The molecule has 0 radical (unpaired) electrons. The molecule has 2 saturated heterocycles. The van der Waals surface area contributed by atoms with Crippen LogP contribution in [-0.4, -0.2) is 70.4 Å². The van der Waals surface area contributed by atoms with E-state index in [1.807, 2.05) is 0 Å². The van der Waals surface area contributed by atoms with Crippen molar-refractivity contribution in [3.8, 4) is 0 Å². The van der Waals surface area contributed by atoms with Crippen molar-refractivity contribution in [2.75, 3.05) is 44.6 Å². The molecule has 0 saturated carbocycles. The van der Waals surface area contributed by atoms with Crippen molar-refractivity contribution >= 4 is 67.1 Å². The highest BCUT2D eigenvalue weighted by molar-refractivity contribution is 6.07. The van der Waals surface area contributed by atoms with E-state index in [0.29, 0.717) is 64.9 Å². The lowest BCUT2D eigenvalue weighted by Gasteiger charge is -2.20. The SMILES string of the molecule is N[C@H]1CCN(C(=O)c2cn3c4cc5oc6cc(N=O)ccc6[nH]c5cc4oc4c(NCCN5CCCC5)c(F)cc(c2=O)c43)C1. The van der Waals surface area contributed by atoms with Crippen LogP contribution in [0.4, 0.5) is 15.8 Å². The van der Waals surface area contributed by atoms with Gasteiger partial charge in [0.1, 0.15) is 22.5 Å². The highest BCUT2D eigenvalue weighted by Crippen LogP contribution is 2.36. The highest BCUT2D eigenvalue weighted by atomic mass is 19.1. The first-order valence-corrected chi connectivity index (χ1v) is 15.1. The number of carbonyl (C=O) groups excluding carboxylic acids is 1. The average Bonchev–Trinajstić information content (AvgIpc) is 3.73. The van der Waals surface area contributed by atoms with Crippen molar-refractivity contribution in [3.05, 3.63) is 69.1 Å². The maximum Gasteiger partial charge on any atom is 0.259 e. The van der Waals surface area contributed by atoms with E-state index in [4.69, 9.17) is 14.6 Å². The zero-order valence-corrected chi connectivity index (χ0v) is 24.3. The minimum atomic E-state index is -0.647. The molecule has 0 unspecified atom stereocenters. The molecular formula is C32H30FN7O5. The Morgan fingerprint density at radius 2 is 1.89 bits per heavy atom. The minimum Gasteiger partial charge on any atom is -0.453 e. The third-order valence-corrected chi connectivity index (χ3v) is 8.96. The highest BCUT2D eigenvalue weighted by Gasteiger charge is 2.29. The van der Waals surface area contributed by atoms with Gasteiger partial charge in [0.15, 0.2) is 28.1 Å². The Morgan fingerprint density at radius 1 is 1.07 bits per heavy atom. The summed E-state index contributed by atoms with van der Waals surface area (Å²) in [4.78, 5) is 45.8. The standard InChI is InChI=1S/C32H30FN7O5/c33-21-12-19-29-31(28(21)35-6-10-38-7-1-2-8-38)45-27-13-23-26(44-25-11-18(37-43)3-4-22(25)36-23)14-24(27)40(29)16-20(30(19)41)32(42)39-9-5-17(34)15-39/h3-4,11-14,16-17,35-36H,1-2,5-10,15,34H2/t17-/m0/s1. The zero-order chi connectivity index (χ0) is 30.8. The van der Waals surface area contributed by atoms with Gasteiger partial charge in [0, 0.05) is 56.6 Å². The van der Waals surface area contributed by atoms with Gasteiger partial charge in [-0.1, -0.05) is 0 Å². The summed E-state index contributed by atoms with van der Waals surface area (Å²) in [7, 11) is 0. The number of H-pyrrole nitrogens is 1. The summed E-state index contributed by atoms with van der Waals surface area (Å²) in [5, 5.41) is 6.23. The Hall–Kier alpha value is -5.01. The Balaban J connectivity index is 1.38. The summed E-state index contributed by atoms with van der Waals surface area (Å²) in [5.41, 5.74) is 9.14. The summed E-state index contributed by atoms with van der Waals surface area (Å²) in [6.45, 7) is 4.00. The quantitative estimate of drug-likeness (QED) is 0.132. The van der Waals surface area contributed by atoms with Gasteiger partial charge in [-0.2, -0.15) is 0 Å². The number of fused-ring (bicyclic) bond motifs is 4. The number of rotatable bonds is 6. The number of benzene rings is 3. The summed E-state index contributed by atoms with van der Waals surface area (Å²) < 4.78 is 30.1. The van der Waals surface area contributed by atoms with Gasteiger partial charge in [-0.3, -0.25) is 9.59 Å². The molecule has 3 aromatic carbocycles. The number of hydrogen-bond donors (Lipinski definition) is 3. The predicted octanol–water partition coefficient (Wildman–Crippen LogP) is 5.21. The van der Waals surface area contributed by atoms with Crippen molar-refractivity contribution in [1.29, 1.82) is 0 Å². The second-order valence-corrected chi connectivity index (χ2v) is 11.9. The summed E-state index contributed by atoms with van der Waals surface area (Å²) in [6, 6.07) is 9.25. The maximum atomic E-state index is 15.9. The molecule has 13 heteroatoms. The molecule has 4 N–H and O–H groups in total. The molecule has 3 aromatic heterocycles. The lowest BCUT2D eigenvalue weighted by Crippen LogP contribution is -2.35. The first kappa shape index (κ1) is 27.5. The van der Waals surface area contributed by atoms with E-state index in [-0.39, 0.29) is 33.9 Å². The molecule has 2 aliphatic rings. The van der Waals surface area contributed by atoms with E-state index in [1.54, 1.807) is 33.6 Å². The molecule has 5 heterocycles. The first-order valence-electron chi connectivity index (χ1n) is 15.1. The summed E-state index contributed by atoms with van der Waals surface area (Å²) in [6.07, 6.45) is 4.43. The lowest BCUT2D eigenvalue weighted by molar-refractivity contribution is 0.0789. The predicted molar refractivity (Wildman–Crippen MR) is 169 cm³/mol. The third kappa shape index (κ3) is 4.57. The van der Waals surface area contributed by atoms with Crippen molar-refractivity contribution in [2.45, 2.75) is 25.3 Å². The van der Waals surface area contributed by atoms with Crippen LogP contribution >= 0.6 is 0 Å². The minimum absolute atomic E-state index is 0.0244. The molecule has 0 aliphatic carbocycles. The molecule has 12 nitrogen and oxygen atoms in total. The fraction of sp³-hybridized carbons (Fsp3) is 0.312. The van der Waals surface area contributed by atoms with Crippen LogP contribution in [0.15, 0.2) is 61.4 Å². The molecule has 230 valence electrons. The fourth-order valence-electron chi connectivity index (χ4n) is 6.65. The number of carbonyl (C=O) groups is 1. The van der Waals surface area contributed by atoms with Crippen LogP contribution in [0.25, 0.3) is 49.8 Å². The lowest BCUT2D eigenvalue weighted by atomic mass is 10.1. The molecule has 0 spiro atoms. The number of amides is 1. The number of likely N-dealkylation sites (tertiary alicyclic amines) is 2. The molecular weight excluding hydrogens is 581 g/mol. The van der Waals surface area contributed by atoms with Gasteiger partial charge in [-0.15, -0.1) is 4.91 Å². The van der Waals surface area contributed by atoms with Crippen molar-refractivity contribution < 1.29 is 18.0 Å². The van der Waals surface area contributed by atoms with Gasteiger partial charge >= 0.3 is 0 Å². The summed E-state index contributed by atoms with van der Waals surface area (Å²) >= 11 is 0. The molecule has 1 amide bonds. The number of anilines is 1. The van der Waals surface area contributed by atoms with Crippen LogP contribution in [0.3, 0.4) is 0 Å². The molecule has 6 aromatic rings. The fourth-order valence-corrected chi connectivity index (χ4v) is 6.65. The third-order valence-electron chi connectivity index (χ3n) is 8.96. The van der Waals surface area contributed by atoms with E-state index < -0.39 is 17.2 Å². The van der Waals surface area contributed by atoms with Gasteiger partial charge in [0.25, 0.3) is 5.91 Å². The van der Waals surface area contributed by atoms with Crippen LogP contribution in [0.2, 0.25) is 0 Å². The largest absolute Gasteiger partial charge is 0.453 e. The van der Waals surface area contributed by atoms with Crippen molar-refractivity contribution in [3.63, 3.8) is 0 Å².